The Balaban J connectivity index is 1.26. The second kappa shape index (κ2) is 11.7. The Morgan fingerprint density at radius 1 is 0.973 bits per heavy atom. The monoisotopic (exact) mass is 538 g/mol. The summed E-state index contributed by atoms with van der Waals surface area (Å²) in [6, 6.07) is 13.6. The first-order chi connectivity index (χ1) is 17.9. The highest BCUT2D eigenvalue weighted by Crippen LogP contribution is 2.28. The van der Waals surface area contributed by atoms with Crippen LogP contribution in [0.4, 0.5) is 17.6 Å². The molecule has 5 rings (SSSR count). The highest BCUT2D eigenvalue weighted by Gasteiger charge is 2.23. The van der Waals surface area contributed by atoms with Gasteiger partial charge in [0.15, 0.2) is 5.11 Å². The van der Waals surface area contributed by atoms with Crippen LogP contribution in [0.15, 0.2) is 46.9 Å². The summed E-state index contributed by atoms with van der Waals surface area (Å²) in [6.45, 7) is 9.17. The first kappa shape index (κ1) is 25.8. The summed E-state index contributed by atoms with van der Waals surface area (Å²) in [4.78, 5) is 14.5. The van der Waals surface area contributed by atoms with Gasteiger partial charge in [0.1, 0.15) is 23.2 Å². The highest BCUT2D eigenvalue weighted by atomic mass is 35.5. The fourth-order valence-corrected chi connectivity index (χ4v) is 5.28. The minimum absolute atomic E-state index is 0.458. The van der Waals surface area contributed by atoms with Gasteiger partial charge in [0.2, 0.25) is 5.95 Å². The van der Waals surface area contributed by atoms with E-state index in [4.69, 9.17) is 38.2 Å². The van der Waals surface area contributed by atoms with Crippen molar-refractivity contribution < 1.29 is 4.42 Å². The fraction of sp³-hybridized carbons (Fsp3) is 0.464. The predicted octanol–water partition coefficient (Wildman–Crippen LogP) is 6.35. The Bertz CT molecular complexity index is 1210. The lowest BCUT2D eigenvalue weighted by atomic mass is 9.99. The number of anilines is 3. The molecule has 37 heavy (non-hydrogen) atoms. The van der Waals surface area contributed by atoms with Crippen LogP contribution in [0.3, 0.4) is 0 Å². The number of piperidine rings is 2. The molecule has 9 heteroatoms. The molecular formula is C28H35ClN6OS. The molecule has 2 fully saturated rings. The maximum Gasteiger partial charge on any atom is 0.232 e. The van der Waals surface area contributed by atoms with Crippen molar-refractivity contribution in [3.8, 4) is 11.3 Å². The Labute approximate surface area is 229 Å². The molecule has 2 aromatic heterocycles. The molecule has 2 aliphatic rings. The number of hydrogen-bond acceptors (Lipinski definition) is 6. The van der Waals surface area contributed by atoms with Crippen molar-refractivity contribution in [2.75, 3.05) is 41.3 Å². The number of nitrogens with one attached hydrogen (secondary N) is 2. The van der Waals surface area contributed by atoms with E-state index < -0.39 is 0 Å². The van der Waals surface area contributed by atoms with Crippen molar-refractivity contribution >= 4 is 46.5 Å². The molecule has 0 unspecified atom stereocenters. The van der Waals surface area contributed by atoms with Gasteiger partial charge in [-0.05, 0) is 86.1 Å². The third-order valence-electron chi connectivity index (χ3n) is 7.23. The summed E-state index contributed by atoms with van der Waals surface area (Å²) in [6.07, 6.45) is 4.82. The van der Waals surface area contributed by atoms with E-state index in [0.717, 1.165) is 60.8 Å². The molecular weight excluding hydrogens is 504 g/mol. The van der Waals surface area contributed by atoms with Gasteiger partial charge in [-0.25, -0.2) is 0 Å². The second-order valence-electron chi connectivity index (χ2n) is 10.4. The summed E-state index contributed by atoms with van der Waals surface area (Å²) in [5.41, 5.74) is 0.980. The second-order valence-corrected chi connectivity index (χ2v) is 11.2. The first-order valence-corrected chi connectivity index (χ1v) is 14.0. The molecule has 1 atom stereocenters. The van der Waals surface area contributed by atoms with Gasteiger partial charge in [-0.1, -0.05) is 25.4 Å². The number of rotatable bonds is 6. The van der Waals surface area contributed by atoms with Crippen molar-refractivity contribution in [3.05, 3.63) is 53.2 Å². The predicted molar refractivity (Wildman–Crippen MR) is 155 cm³/mol. The number of thiocarbonyl (C=S) groups is 1. The molecule has 0 radical (unpaired) electrons. The zero-order chi connectivity index (χ0) is 25.8. The Kier molecular flexibility index (Phi) is 8.15. The van der Waals surface area contributed by atoms with Gasteiger partial charge in [0.05, 0.1) is 6.54 Å². The van der Waals surface area contributed by atoms with Gasteiger partial charge in [-0.2, -0.15) is 9.97 Å². The zero-order valence-electron chi connectivity index (χ0n) is 21.5. The standard InChI is InChI=1S/C28H35ClN6OS/c1-19-11-14-34(15-12-19)25-16-26(35-13-3-4-20(2)18-35)32-27(31-25)33-28(37)30-17-23-9-10-24(36-23)21-5-7-22(29)8-6-21/h5-10,16,19-20H,3-4,11-15,17-18H2,1-2H3,(H2,30,31,32,33,37)/t20-/m0/s1. The maximum absolute atomic E-state index is 6.00. The van der Waals surface area contributed by atoms with Crippen LogP contribution in [0.25, 0.3) is 11.3 Å². The van der Waals surface area contributed by atoms with Crippen LogP contribution in [0.5, 0.6) is 0 Å². The van der Waals surface area contributed by atoms with E-state index in [1.165, 1.54) is 25.7 Å². The number of hydrogen-bond donors (Lipinski definition) is 2. The topological polar surface area (TPSA) is 69.5 Å². The smallest absolute Gasteiger partial charge is 0.232 e. The van der Waals surface area contributed by atoms with Gasteiger partial charge in [0.25, 0.3) is 0 Å². The van der Waals surface area contributed by atoms with Gasteiger partial charge in [-0.15, -0.1) is 0 Å². The molecule has 0 amide bonds. The van der Waals surface area contributed by atoms with E-state index in [1.807, 2.05) is 36.4 Å². The maximum atomic E-state index is 6.00. The quantitative estimate of drug-likeness (QED) is 0.352. The average molecular weight is 539 g/mol. The molecule has 4 heterocycles. The van der Waals surface area contributed by atoms with E-state index >= 15 is 0 Å². The molecule has 0 spiro atoms. The summed E-state index contributed by atoms with van der Waals surface area (Å²) < 4.78 is 5.99. The van der Waals surface area contributed by atoms with Gasteiger partial charge < -0.3 is 24.9 Å². The molecule has 7 nitrogen and oxygen atoms in total. The number of nitrogens with zero attached hydrogens (tertiary/aromatic N) is 4. The summed E-state index contributed by atoms with van der Waals surface area (Å²) in [5.74, 6) is 5.47. The molecule has 0 bridgehead atoms. The molecule has 0 saturated carbocycles. The molecule has 3 aromatic rings. The van der Waals surface area contributed by atoms with Gasteiger partial charge in [0, 0.05) is 42.8 Å². The van der Waals surface area contributed by atoms with E-state index in [1.54, 1.807) is 0 Å². The Hall–Kier alpha value is -2.84. The van der Waals surface area contributed by atoms with Crippen LogP contribution in [0, 0.1) is 11.8 Å². The minimum Gasteiger partial charge on any atom is -0.459 e. The SMILES string of the molecule is CC1CCN(c2cc(N3CCC[C@H](C)C3)nc(NC(=S)NCc3ccc(-c4ccc(Cl)cc4)o3)n2)CC1. The lowest BCUT2D eigenvalue weighted by Gasteiger charge is -2.34. The van der Waals surface area contributed by atoms with Crippen LogP contribution in [0.2, 0.25) is 5.02 Å². The average Bonchev–Trinajstić information content (AvgIpc) is 3.37. The van der Waals surface area contributed by atoms with Crippen LogP contribution >= 0.6 is 23.8 Å². The number of benzene rings is 1. The van der Waals surface area contributed by atoms with Crippen molar-refractivity contribution in [2.45, 2.75) is 46.1 Å². The van der Waals surface area contributed by atoms with E-state index in [-0.39, 0.29) is 0 Å². The summed E-state index contributed by atoms with van der Waals surface area (Å²) >= 11 is 11.6. The number of halogens is 1. The van der Waals surface area contributed by atoms with Crippen LogP contribution in [-0.4, -0.2) is 41.3 Å². The third kappa shape index (κ3) is 6.73. The molecule has 1 aromatic carbocycles. The lowest BCUT2D eigenvalue weighted by Crippen LogP contribution is -2.37. The zero-order valence-corrected chi connectivity index (χ0v) is 23.1. The van der Waals surface area contributed by atoms with Gasteiger partial charge >= 0.3 is 0 Å². The number of aromatic nitrogens is 2. The molecule has 196 valence electrons. The molecule has 2 N–H and O–H groups in total. The minimum atomic E-state index is 0.458. The summed E-state index contributed by atoms with van der Waals surface area (Å²) in [7, 11) is 0. The van der Waals surface area contributed by atoms with Crippen molar-refractivity contribution in [1.82, 2.24) is 15.3 Å². The van der Waals surface area contributed by atoms with Crippen molar-refractivity contribution in [2.24, 2.45) is 11.8 Å². The van der Waals surface area contributed by atoms with Crippen LogP contribution in [-0.2, 0) is 6.54 Å². The highest BCUT2D eigenvalue weighted by molar-refractivity contribution is 7.80. The summed E-state index contributed by atoms with van der Waals surface area (Å²) in [5, 5.41) is 7.62. The normalized spacial score (nSPS) is 18.6. The largest absolute Gasteiger partial charge is 0.459 e. The fourth-order valence-electron chi connectivity index (χ4n) is 4.99. The Morgan fingerprint density at radius 3 is 2.43 bits per heavy atom. The Morgan fingerprint density at radius 2 is 1.70 bits per heavy atom. The number of furan rings is 1. The molecule has 2 aliphatic heterocycles. The molecule has 2 saturated heterocycles. The van der Waals surface area contributed by atoms with Crippen LogP contribution < -0.4 is 20.4 Å². The van der Waals surface area contributed by atoms with E-state index in [2.05, 4.69) is 40.3 Å². The van der Waals surface area contributed by atoms with Crippen LogP contribution in [0.1, 0.15) is 45.3 Å². The van der Waals surface area contributed by atoms with Crippen molar-refractivity contribution in [3.63, 3.8) is 0 Å². The van der Waals surface area contributed by atoms with E-state index in [0.29, 0.717) is 28.5 Å². The lowest BCUT2D eigenvalue weighted by molar-refractivity contribution is 0.435. The molecule has 0 aliphatic carbocycles. The first-order valence-electron chi connectivity index (χ1n) is 13.2. The van der Waals surface area contributed by atoms with Crippen molar-refractivity contribution in [1.29, 1.82) is 0 Å². The van der Waals surface area contributed by atoms with Gasteiger partial charge in [-0.3, -0.25) is 0 Å². The van der Waals surface area contributed by atoms with E-state index in [9.17, 15) is 0 Å². The third-order valence-corrected chi connectivity index (χ3v) is 7.73.